The van der Waals surface area contributed by atoms with Crippen molar-refractivity contribution in [1.82, 2.24) is 4.98 Å². The number of aromatic nitrogens is 1. The fourth-order valence-electron chi connectivity index (χ4n) is 2.26. The van der Waals surface area contributed by atoms with Crippen LogP contribution in [0.1, 0.15) is 31.4 Å². The molecule has 0 atom stereocenters. The topological polar surface area (TPSA) is 36.4 Å². The predicted octanol–water partition coefficient (Wildman–Crippen LogP) is 2.20. The average Bonchev–Trinajstić information content (AvgIpc) is 3.23. The molecule has 0 bridgehead atoms. The molecule has 0 saturated heterocycles. The SMILES string of the molecule is OCc1cc(N(CC2CC2)CC2CC2)ccn1. The number of rotatable bonds is 6. The summed E-state index contributed by atoms with van der Waals surface area (Å²) < 4.78 is 0. The average molecular weight is 232 g/mol. The van der Waals surface area contributed by atoms with Gasteiger partial charge in [0.2, 0.25) is 0 Å². The number of hydrogen-bond donors (Lipinski definition) is 1. The molecule has 0 aliphatic heterocycles. The van der Waals surface area contributed by atoms with E-state index in [0.29, 0.717) is 0 Å². The van der Waals surface area contributed by atoms with E-state index in [1.165, 1.54) is 44.5 Å². The lowest BCUT2D eigenvalue weighted by Gasteiger charge is -2.25. The molecule has 2 saturated carbocycles. The van der Waals surface area contributed by atoms with Crippen molar-refractivity contribution < 1.29 is 5.11 Å². The summed E-state index contributed by atoms with van der Waals surface area (Å²) in [7, 11) is 0. The van der Waals surface area contributed by atoms with Crippen LogP contribution in [0, 0.1) is 11.8 Å². The van der Waals surface area contributed by atoms with Crippen LogP contribution in [0.3, 0.4) is 0 Å². The minimum Gasteiger partial charge on any atom is -0.390 e. The van der Waals surface area contributed by atoms with Gasteiger partial charge in [-0.1, -0.05) is 0 Å². The van der Waals surface area contributed by atoms with Crippen molar-refractivity contribution in [2.45, 2.75) is 32.3 Å². The Labute approximate surface area is 102 Å². The second-order valence-electron chi connectivity index (χ2n) is 5.46. The number of hydrogen-bond acceptors (Lipinski definition) is 3. The normalized spacial score (nSPS) is 19.4. The van der Waals surface area contributed by atoms with Crippen LogP contribution >= 0.6 is 0 Å². The molecule has 3 nitrogen and oxygen atoms in total. The maximum Gasteiger partial charge on any atom is 0.0853 e. The highest BCUT2D eigenvalue weighted by atomic mass is 16.3. The fourth-order valence-corrected chi connectivity index (χ4v) is 2.26. The predicted molar refractivity (Wildman–Crippen MR) is 67.8 cm³/mol. The maximum atomic E-state index is 9.15. The van der Waals surface area contributed by atoms with E-state index in [9.17, 15) is 0 Å². The minimum atomic E-state index is 0.0362. The maximum absolute atomic E-state index is 9.15. The zero-order valence-electron chi connectivity index (χ0n) is 10.2. The summed E-state index contributed by atoms with van der Waals surface area (Å²) in [4.78, 5) is 6.65. The van der Waals surface area contributed by atoms with E-state index in [-0.39, 0.29) is 6.61 Å². The van der Waals surface area contributed by atoms with Gasteiger partial charge in [-0.05, 0) is 49.7 Å². The van der Waals surface area contributed by atoms with Crippen LogP contribution < -0.4 is 4.90 Å². The van der Waals surface area contributed by atoms with Crippen molar-refractivity contribution in [3.8, 4) is 0 Å². The van der Waals surface area contributed by atoms with Crippen molar-refractivity contribution in [3.05, 3.63) is 24.0 Å². The number of anilines is 1. The highest BCUT2D eigenvalue weighted by Gasteiger charge is 2.29. The number of aliphatic hydroxyl groups excluding tert-OH is 1. The lowest BCUT2D eigenvalue weighted by molar-refractivity contribution is 0.277. The summed E-state index contributed by atoms with van der Waals surface area (Å²) in [6, 6.07) is 4.11. The molecule has 1 N–H and O–H groups in total. The molecule has 0 aromatic carbocycles. The Bertz CT molecular complexity index is 372. The molecule has 0 radical (unpaired) electrons. The van der Waals surface area contributed by atoms with Gasteiger partial charge in [0.15, 0.2) is 0 Å². The Balaban J connectivity index is 1.73. The molecule has 2 fully saturated rings. The van der Waals surface area contributed by atoms with Crippen LogP contribution in [0.15, 0.2) is 18.3 Å². The van der Waals surface area contributed by atoms with E-state index < -0.39 is 0 Å². The van der Waals surface area contributed by atoms with Gasteiger partial charge in [0.05, 0.1) is 12.3 Å². The number of aliphatic hydroxyl groups is 1. The second kappa shape index (κ2) is 4.65. The van der Waals surface area contributed by atoms with Crippen LogP contribution in [0.2, 0.25) is 0 Å². The Hall–Kier alpha value is -1.09. The zero-order chi connectivity index (χ0) is 11.7. The Morgan fingerprint density at radius 3 is 2.35 bits per heavy atom. The third-order valence-electron chi connectivity index (χ3n) is 3.68. The molecule has 1 heterocycles. The largest absolute Gasteiger partial charge is 0.390 e. The third kappa shape index (κ3) is 2.97. The van der Waals surface area contributed by atoms with Crippen molar-refractivity contribution in [1.29, 1.82) is 0 Å². The van der Waals surface area contributed by atoms with Crippen LogP contribution in [0.5, 0.6) is 0 Å². The first kappa shape index (κ1) is 11.0. The summed E-state index contributed by atoms with van der Waals surface area (Å²) in [5.41, 5.74) is 2.02. The molecule has 92 valence electrons. The summed E-state index contributed by atoms with van der Waals surface area (Å²) in [6.45, 7) is 2.41. The molecule has 1 aromatic heterocycles. The molecule has 2 aliphatic rings. The van der Waals surface area contributed by atoms with Gasteiger partial charge in [0.25, 0.3) is 0 Å². The quantitative estimate of drug-likeness (QED) is 0.817. The van der Waals surface area contributed by atoms with Gasteiger partial charge in [-0.25, -0.2) is 0 Å². The monoisotopic (exact) mass is 232 g/mol. The second-order valence-corrected chi connectivity index (χ2v) is 5.46. The summed E-state index contributed by atoms with van der Waals surface area (Å²) in [5, 5.41) is 9.15. The smallest absolute Gasteiger partial charge is 0.0853 e. The molecule has 3 rings (SSSR count). The van der Waals surface area contributed by atoms with Crippen LogP contribution in [-0.2, 0) is 6.61 Å². The molecule has 2 aliphatic carbocycles. The molecule has 0 spiro atoms. The summed E-state index contributed by atoms with van der Waals surface area (Å²) in [6.07, 6.45) is 7.37. The lowest BCUT2D eigenvalue weighted by Crippen LogP contribution is -2.28. The molecular weight excluding hydrogens is 212 g/mol. The molecule has 1 aromatic rings. The first-order valence-corrected chi connectivity index (χ1v) is 6.66. The van der Waals surface area contributed by atoms with Crippen molar-refractivity contribution in [2.75, 3.05) is 18.0 Å². The zero-order valence-corrected chi connectivity index (χ0v) is 10.2. The molecule has 0 amide bonds. The van der Waals surface area contributed by atoms with Gasteiger partial charge in [-0.3, -0.25) is 4.98 Å². The Morgan fingerprint density at radius 2 is 1.82 bits per heavy atom. The van der Waals surface area contributed by atoms with Gasteiger partial charge in [-0.15, -0.1) is 0 Å². The molecule has 3 heteroatoms. The van der Waals surface area contributed by atoms with Crippen molar-refractivity contribution in [2.24, 2.45) is 11.8 Å². The molecule has 17 heavy (non-hydrogen) atoms. The van der Waals surface area contributed by atoms with Crippen LogP contribution in [0.4, 0.5) is 5.69 Å². The van der Waals surface area contributed by atoms with E-state index in [0.717, 1.165) is 17.5 Å². The van der Waals surface area contributed by atoms with Gasteiger partial charge in [0, 0.05) is 25.0 Å². The Kier molecular flexibility index (Phi) is 3.02. The van der Waals surface area contributed by atoms with Crippen molar-refractivity contribution >= 4 is 5.69 Å². The lowest BCUT2D eigenvalue weighted by atomic mass is 10.2. The minimum absolute atomic E-state index is 0.0362. The van der Waals surface area contributed by atoms with Gasteiger partial charge >= 0.3 is 0 Å². The molecular formula is C14H20N2O. The van der Waals surface area contributed by atoms with Gasteiger partial charge in [0.1, 0.15) is 0 Å². The molecule has 0 unspecified atom stereocenters. The van der Waals surface area contributed by atoms with Gasteiger partial charge in [-0.2, -0.15) is 0 Å². The van der Waals surface area contributed by atoms with Crippen LogP contribution in [0.25, 0.3) is 0 Å². The van der Waals surface area contributed by atoms with Crippen molar-refractivity contribution in [3.63, 3.8) is 0 Å². The number of nitrogens with zero attached hydrogens (tertiary/aromatic N) is 2. The first-order chi connectivity index (χ1) is 8.35. The summed E-state index contributed by atoms with van der Waals surface area (Å²) >= 11 is 0. The third-order valence-corrected chi connectivity index (χ3v) is 3.68. The van der Waals surface area contributed by atoms with E-state index >= 15 is 0 Å². The highest BCUT2D eigenvalue weighted by Crippen LogP contribution is 2.35. The Morgan fingerprint density at radius 1 is 1.18 bits per heavy atom. The van der Waals surface area contributed by atoms with E-state index in [1.54, 1.807) is 0 Å². The van der Waals surface area contributed by atoms with E-state index in [1.807, 2.05) is 12.3 Å². The van der Waals surface area contributed by atoms with Crippen LogP contribution in [-0.4, -0.2) is 23.2 Å². The highest BCUT2D eigenvalue weighted by molar-refractivity contribution is 5.47. The summed E-state index contributed by atoms with van der Waals surface area (Å²) in [5.74, 6) is 1.80. The van der Waals surface area contributed by atoms with E-state index in [4.69, 9.17) is 5.11 Å². The standard InChI is InChI=1S/C14H20N2O/c17-10-13-7-14(5-6-15-13)16(8-11-1-2-11)9-12-3-4-12/h5-7,11-12,17H,1-4,8-10H2. The number of pyridine rings is 1. The van der Waals surface area contributed by atoms with Gasteiger partial charge < -0.3 is 10.0 Å². The first-order valence-electron chi connectivity index (χ1n) is 6.66. The van der Waals surface area contributed by atoms with E-state index in [2.05, 4.69) is 16.0 Å². The fraction of sp³-hybridized carbons (Fsp3) is 0.643.